The Labute approximate surface area is 226 Å². The summed E-state index contributed by atoms with van der Waals surface area (Å²) >= 11 is 0. The molecule has 0 fully saturated rings. The molecular formula is C31H23BN6O. The highest BCUT2D eigenvalue weighted by molar-refractivity contribution is 6.35. The van der Waals surface area contributed by atoms with Crippen molar-refractivity contribution in [2.45, 2.75) is 6.54 Å². The van der Waals surface area contributed by atoms with Gasteiger partial charge in [-0.3, -0.25) is 9.36 Å². The summed E-state index contributed by atoms with van der Waals surface area (Å²) in [6.07, 6.45) is 3.45. The Bertz CT molecular complexity index is 1800. The fraction of sp³-hybridized carbons (Fsp3) is 0.0323. The lowest BCUT2D eigenvalue weighted by molar-refractivity contribution is 0.0951. The van der Waals surface area contributed by atoms with E-state index in [1.165, 1.54) is 0 Å². The number of pyridine rings is 2. The van der Waals surface area contributed by atoms with Gasteiger partial charge in [0.05, 0.1) is 5.56 Å². The van der Waals surface area contributed by atoms with Crippen molar-refractivity contribution in [3.8, 4) is 28.2 Å². The molecule has 0 aliphatic carbocycles. The van der Waals surface area contributed by atoms with Crippen molar-refractivity contribution in [3.05, 3.63) is 121 Å². The van der Waals surface area contributed by atoms with Crippen molar-refractivity contribution in [2.75, 3.05) is 5.73 Å². The zero-order valence-electron chi connectivity index (χ0n) is 21.0. The van der Waals surface area contributed by atoms with Crippen LogP contribution >= 0.6 is 0 Å². The van der Waals surface area contributed by atoms with Gasteiger partial charge in [-0.2, -0.15) is 0 Å². The van der Waals surface area contributed by atoms with Crippen molar-refractivity contribution in [1.29, 1.82) is 0 Å². The maximum absolute atomic E-state index is 12.4. The topological polar surface area (TPSA) is 98.7 Å². The lowest BCUT2D eigenvalue weighted by atomic mass is 9.88. The van der Waals surface area contributed by atoms with E-state index >= 15 is 0 Å². The summed E-state index contributed by atoms with van der Waals surface area (Å²) < 4.78 is 1.97. The van der Waals surface area contributed by atoms with E-state index in [0.29, 0.717) is 45.9 Å². The quantitative estimate of drug-likeness (QED) is 0.325. The van der Waals surface area contributed by atoms with Crippen LogP contribution in [0.5, 0.6) is 0 Å². The summed E-state index contributed by atoms with van der Waals surface area (Å²) in [7, 11) is 6.22. The number of nitrogen functional groups attached to an aromatic ring is 1. The number of nitrogens with zero attached hydrogens (tertiary/aromatic N) is 4. The molecule has 0 aliphatic rings. The Morgan fingerprint density at radius 1 is 0.872 bits per heavy atom. The van der Waals surface area contributed by atoms with E-state index in [-0.39, 0.29) is 5.91 Å². The highest BCUT2D eigenvalue weighted by atomic mass is 16.1. The minimum Gasteiger partial charge on any atom is -0.383 e. The average molecular weight is 506 g/mol. The van der Waals surface area contributed by atoms with E-state index in [1.54, 1.807) is 24.5 Å². The lowest BCUT2D eigenvalue weighted by Gasteiger charge is -2.12. The molecular weight excluding hydrogens is 483 g/mol. The van der Waals surface area contributed by atoms with Gasteiger partial charge in [0, 0.05) is 35.8 Å². The van der Waals surface area contributed by atoms with E-state index in [4.69, 9.17) is 23.5 Å². The highest BCUT2D eigenvalue weighted by Gasteiger charge is 2.19. The lowest BCUT2D eigenvalue weighted by Crippen LogP contribution is -2.22. The number of amides is 1. The van der Waals surface area contributed by atoms with Crippen LogP contribution in [-0.4, -0.2) is 33.3 Å². The van der Waals surface area contributed by atoms with Gasteiger partial charge in [0.25, 0.3) is 5.91 Å². The van der Waals surface area contributed by atoms with Crippen LogP contribution in [-0.2, 0) is 6.54 Å². The third kappa shape index (κ3) is 4.75. The summed E-state index contributed by atoms with van der Waals surface area (Å²) in [5, 5.41) is 2.96. The predicted octanol–water partition coefficient (Wildman–Crippen LogP) is 4.46. The number of hydrogen-bond acceptors (Lipinski definition) is 5. The summed E-state index contributed by atoms with van der Waals surface area (Å²) in [5.74, 6) is 0.891. The second-order valence-electron chi connectivity index (χ2n) is 9.08. The maximum atomic E-state index is 12.4. The molecule has 0 atom stereocenters. The monoisotopic (exact) mass is 506 g/mol. The van der Waals surface area contributed by atoms with E-state index in [1.807, 2.05) is 89.5 Å². The van der Waals surface area contributed by atoms with Crippen molar-refractivity contribution in [1.82, 2.24) is 24.8 Å². The number of nitrogens with one attached hydrogen (secondary N) is 1. The molecule has 0 unspecified atom stereocenters. The Morgan fingerprint density at radius 2 is 1.62 bits per heavy atom. The molecule has 0 saturated heterocycles. The standard InChI is InChI=1S/C31H23BN6O/c32-26-11-5-4-9-24(26)22-17-27-30(35-19-22)38(29(37-27)25-10-6-16-34-28(25)33)23-14-12-20(13-15-23)18-36-31(39)21-7-2-1-3-8-21/h1-17,19H,18H2,(H2,33,34)(H,36,39). The molecule has 186 valence electrons. The predicted molar refractivity (Wildman–Crippen MR) is 155 cm³/mol. The zero-order chi connectivity index (χ0) is 26.8. The fourth-order valence-corrected chi connectivity index (χ4v) is 4.54. The fourth-order valence-electron chi connectivity index (χ4n) is 4.54. The van der Waals surface area contributed by atoms with Crippen LogP contribution in [0.1, 0.15) is 15.9 Å². The van der Waals surface area contributed by atoms with Crippen molar-refractivity contribution in [2.24, 2.45) is 0 Å². The largest absolute Gasteiger partial charge is 0.383 e. The number of aromatic nitrogens is 4. The smallest absolute Gasteiger partial charge is 0.251 e. The van der Waals surface area contributed by atoms with Crippen molar-refractivity contribution < 1.29 is 4.79 Å². The van der Waals surface area contributed by atoms with Gasteiger partial charge in [-0.25, -0.2) is 15.0 Å². The summed E-state index contributed by atoms with van der Waals surface area (Å²) in [6, 6.07) is 30.4. The Balaban J connectivity index is 1.38. The van der Waals surface area contributed by atoms with Gasteiger partial charge in [-0.1, -0.05) is 60.1 Å². The van der Waals surface area contributed by atoms with Crippen LogP contribution in [0, 0.1) is 0 Å². The molecule has 0 saturated carbocycles. The molecule has 39 heavy (non-hydrogen) atoms. The molecule has 3 N–H and O–H groups in total. The first-order valence-electron chi connectivity index (χ1n) is 12.5. The minimum atomic E-state index is -0.117. The summed E-state index contributed by atoms with van der Waals surface area (Å²) in [4.78, 5) is 26.4. The van der Waals surface area contributed by atoms with E-state index in [9.17, 15) is 4.79 Å². The molecule has 8 heteroatoms. The van der Waals surface area contributed by atoms with Gasteiger partial charge >= 0.3 is 0 Å². The number of nitrogens with two attached hydrogens (primary N) is 1. The number of fused-ring (bicyclic) bond motifs is 1. The Hall–Kier alpha value is -5.24. The van der Waals surface area contributed by atoms with E-state index in [2.05, 4.69) is 10.3 Å². The normalized spacial score (nSPS) is 11.0. The molecule has 3 aromatic heterocycles. The first-order chi connectivity index (χ1) is 19.1. The molecule has 1 amide bonds. The second-order valence-corrected chi connectivity index (χ2v) is 9.08. The SMILES string of the molecule is [B]c1ccccc1-c1cnc2c(c1)nc(-c1cccnc1N)n2-c1ccc(CNC(=O)c2ccccc2)cc1. The van der Waals surface area contributed by atoms with Gasteiger partial charge in [-0.15, -0.1) is 0 Å². The van der Waals surface area contributed by atoms with Gasteiger partial charge < -0.3 is 11.1 Å². The van der Waals surface area contributed by atoms with Crippen LogP contribution in [0.25, 0.3) is 39.4 Å². The molecule has 0 aliphatic heterocycles. The van der Waals surface area contributed by atoms with Crippen LogP contribution in [0.15, 0.2) is 109 Å². The van der Waals surface area contributed by atoms with E-state index in [0.717, 1.165) is 22.4 Å². The van der Waals surface area contributed by atoms with Crippen LogP contribution < -0.4 is 16.5 Å². The number of hydrogen-bond donors (Lipinski definition) is 2. The molecule has 2 radical (unpaired) electrons. The molecule has 6 rings (SSSR count). The first kappa shape index (κ1) is 24.1. The average Bonchev–Trinajstić information content (AvgIpc) is 3.35. The first-order valence-corrected chi connectivity index (χ1v) is 12.5. The highest BCUT2D eigenvalue weighted by Crippen LogP contribution is 2.31. The number of anilines is 1. The van der Waals surface area contributed by atoms with E-state index < -0.39 is 0 Å². The van der Waals surface area contributed by atoms with Crippen LogP contribution in [0.4, 0.5) is 5.82 Å². The molecule has 3 aromatic carbocycles. The van der Waals surface area contributed by atoms with Crippen molar-refractivity contribution in [3.63, 3.8) is 0 Å². The number of rotatable bonds is 6. The molecule has 0 bridgehead atoms. The van der Waals surface area contributed by atoms with Crippen LogP contribution in [0.2, 0.25) is 0 Å². The van der Waals surface area contributed by atoms with Gasteiger partial charge in [0.2, 0.25) is 0 Å². The number of carbonyl (C=O) groups excluding carboxylic acids is 1. The molecule has 7 nitrogen and oxygen atoms in total. The van der Waals surface area contributed by atoms with Gasteiger partial charge in [0.15, 0.2) is 11.5 Å². The number of carbonyl (C=O) groups is 1. The van der Waals surface area contributed by atoms with Gasteiger partial charge in [0.1, 0.15) is 19.2 Å². The Kier molecular flexibility index (Phi) is 6.35. The minimum absolute atomic E-state index is 0.117. The zero-order valence-corrected chi connectivity index (χ0v) is 21.0. The summed E-state index contributed by atoms with van der Waals surface area (Å²) in [5.41, 5.74) is 13.2. The maximum Gasteiger partial charge on any atom is 0.251 e. The third-order valence-electron chi connectivity index (χ3n) is 6.53. The Morgan fingerprint density at radius 3 is 2.38 bits per heavy atom. The van der Waals surface area contributed by atoms with Gasteiger partial charge in [-0.05, 0) is 53.6 Å². The number of imidazole rings is 1. The molecule has 0 spiro atoms. The van der Waals surface area contributed by atoms with Crippen molar-refractivity contribution >= 4 is 36.2 Å². The number of benzene rings is 3. The summed E-state index contributed by atoms with van der Waals surface area (Å²) in [6.45, 7) is 0.404. The molecule has 3 heterocycles. The molecule has 6 aromatic rings. The second kappa shape index (κ2) is 10.3. The van der Waals surface area contributed by atoms with Crippen LogP contribution in [0.3, 0.4) is 0 Å². The third-order valence-corrected chi connectivity index (χ3v) is 6.53.